The summed E-state index contributed by atoms with van der Waals surface area (Å²) in [5.74, 6) is -1.60. The smallest absolute Gasteiger partial charge is 0.374 e. The van der Waals surface area contributed by atoms with Crippen LogP contribution in [0.5, 0.6) is 0 Å². The third-order valence-corrected chi connectivity index (χ3v) is 2.74. The second-order valence-corrected chi connectivity index (χ2v) is 3.93. The molecule has 20 heavy (non-hydrogen) atoms. The average molecular weight is 268 g/mol. The van der Waals surface area contributed by atoms with Crippen molar-refractivity contribution in [1.82, 2.24) is 4.98 Å². The summed E-state index contributed by atoms with van der Waals surface area (Å²) < 4.78 is 4.71. The summed E-state index contributed by atoms with van der Waals surface area (Å²) in [7, 11) is 0. The van der Waals surface area contributed by atoms with Crippen molar-refractivity contribution in [1.29, 1.82) is 5.26 Å². The van der Waals surface area contributed by atoms with Gasteiger partial charge in [-0.25, -0.2) is 4.79 Å². The molecule has 0 aliphatic heterocycles. The molecule has 0 atom stereocenters. The van der Waals surface area contributed by atoms with Gasteiger partial charge in [0.2, 0.25) is 5.76 Å². The molecule has 1 aromatic heterocycles. The summed E-state index contributed by atoms with van der Waals surface area (Å²) in [5.41, 5.74) is 1.00. The Morgan fingerprint density at radius 3 is 2.85 bits per heavy atom. The third kappa shape index (κ3) is 2.45. The number of nitrogens with zero attached hydrogens (tertiary/aromatic N) is 2. The van der Waals surface area contributed by atoms with Crippen LogP contribution in [-0.4, -0.2) is 22.7 Å². The third-order valence-electron chi connectivity index (χ3n) is 2.74. The number of aliphatic hydroxyl groups is 1. The van der Waals surface area contributed by atoms with E-state index in [0.717, 1.165) is 0 Å². The number of pyridine rings is 1. The highest BCUT2D eigenvalue weighted by Gasteiger charge is 2.18. The fraction of sp³-hybridized carbons (Fsp3) is 0.133. The molecule has 0 saturated carbocycles. The summed E-state index contributed by atoms with van der Waals surface area (Å²) in [6.07, 6.45) is 1.52. The predicted molar refractivity (Wildman–Crippen MR) is 73.5 cm³/mol. The second kappa shape index (κ2) is 5.85. The van der Waals surface area contributed by atoms with Crippen LogP contribution in [0.1, 0.15) is 12.5 Å². The number of rotatable bonds is 3. The zero-order valence-electron chi connectivity index (χ0n) is 10.8. The Morgan fingerprint density at radius 1 is 1.40 bits per heavy atom. The number of carbonyl (C=O) groups excluding carboxylic acids is 1. The minimum absolute atomic E-state index is 0.123. The lowest BCUT2D eigenvalue weighted by Gasteiger charge is -2.07. The van der Waals surface area contributed by atoms with Crippen LogP contribution < -0.4 is 0 Å². The molecule has 0 radical (unpaired) electrons. The molecule has 1 aromatic carbocycles. The first kappa shape index (κ1) is 13.6. The van der Waals surface area contributed by atoms with E-state index in [0.29, 0.717) is 16.5 Å². The van der Waals surface area contributed by atoms with Crippen LogP contribution in [0.2, 0.25) is 0 Å². The van der Waals surface area contributed by atoms with Gasteiger partial charge in [0.1, 0.15) is 11.6 Å². The Balaban J connectivity index is 2.64. The van der Waals surface area contributed by atoms with Gasteiger partial charge < -0.3 is 9.84 Å². The standard InChI is InChI=1S/C15H12N2O3/c1-2-20-15(19)14(18)12(9-16)10-7-8-17-13-6-4-3-5-11(10)13/h3-8,18H,2H2,1H3/b14-12-. The van der Waals surface area contributed by atoms with Gasteiger partial charge in [-0.2, -0.15) is 5.26 Å². The van der Waals surface area contributed by atoms with E-state index in [4.69, 9.17) is 4.74 Å². The van der Waals surface area contributed by atoms with E-state index in [1.165, 1.54) is 6.20 Å². The molecule has 1 heterocycles. The Kier molecular flexibility index (Phi) is 3.96. The largest absolute Gasteiger partial charge is 0.501 e. The van der Waals surface area contributed by atoms with E-state index in [2.05, 4.69) is 4.98 Å². The van der Waals surface area contributed by atoms with Crippen molar-refractivity contribution in [3.05, 3.63) is 47.9 Å². The summed E-state index contributed by atoms with van der Waals surface area (Å²) in [6, 6.07) is 10.6. The lowest BCUT2D eigenvalue weighted by molar-refractivity contribution is -0.141. The number of para-hydroxylation sites is 1. The molecule has 1 N–H and O–H groups in total. The first-order chi connectivity index (χ1) is 9.69. The molecule has 0 saturated heterocycles. The Hall–Kier alpha value is -2.87. The highest BCUT2D eigenvalue weighted by atomic mass is 16.5. The number of nitriles is 1. The molecule has 2 aromatic rings. The first-order valence-electron chi connectivity index (χ1n) is 6.03. The molecular formula is C15H12N2O3. The Morgan fingerprint density at radius 2 is 2.15 bits per heavy atom. The number of carbonyl (C=O) groups is 1. The van der Waals surface area contributed by atoms with Crippen LogP contribution >= 0.6 is 0 Å². The van der Waals surface area contributed by atoms with Crippen molar-refractivity contribution >= 4 is 22.4 Å². The van der Waals surface area contributed by atoms with Crippen LogP contribution in [0.4, 0.5) is 0 Å². The van der Waals surface area contributed by atoms with E-state index in [9.17, 15) is 15.2 Å². The first-order valence-corrected chi connectivity index (χ1v) is 6.03. The lowest BCUT2D eigenvalue weighted by Crippen LogP contribution is -2.09. The van der Waals surface area contributed by atoms with Gasteiger partial charge >= 0.3 is 5.97 Å². The Bertz CT molecular complexity index is 724. The number of ether oxygens (including phenoxy) is 1. The second-order valence-electron chi connectivity index (χ2n) is 3.93. The quantitative estimate of drug-likeness (QED) is 0.400. The molecule has 100 valence electrons. The summed E-state index contributed by atoms with van der Waals surface area (Å²) in [4.78, 5) is 15.7. The Labute approximate surface area is 115 Å². The van der Waals surface area contributed by atoms with E-state index < -0.39 is 11.7 Å². The van der Waals surface area contributed by atoms with Gasteiger partial charge in [0.15, 0.2) is 0 Å². The van der Waals surface area contributed by atoms with E-state index in [1.807, 2.05) is 12.1 Å². The number of hydrogen-bond acceptors (Lipinski definition) is 5. The van der Waals surface area contributed by atoms with Crippen molar-refractivity contribution in [3.8, 4) is 6.07 Å². The minimum Gasteiger partial charge on any atom is -0.501 e. The molecule has 5 nitrogen and oxygen atoms in total. The van der Waals surface area contributed by atoms with Crippen molar-refractivity contribution in [3.63, 3.8) is 0 Å². The van der Waals surface area contributed by atoms with E-state index >= 15 is 0 Å². The number of esters is 1. The number of hydrogen-bond donors (Lipinski definition) is 1. The van der Waals surface area contributed by atoms with Crippen molar-refractivity contribution in [2.75, 3.05) is 6.61 Å². The highest BCUT2D eigenvalue weighted by Crippen LogP contribution is 2.25. The molecule has 0 unspecified atom stereocenters. The summed E-state index contributed by atoms with van der Waals surface area (Å²) >= 11 is 0. The molecular weight excluding hydrogens is 256 g/mol. The van der Waals surface area contributed by atoms with Gasteiger partial charge in [0, 0.05) is 17.1 Å². The predicted octanol–water partition coefficient (Wildman–Crippen LogP) is 2.59. The zero-order chi connectivity index (χ0) is 14.5. The van der Waals surface area contributed by atoms with Crippen LogP contribution in [0.3, 0.4) is 0 Å². The van der Waals surface area contributed by atoms with Gasteiger partial charge in [0.05, 0.1) is 12.1 Å². The summed E-state index contributed by atoms with van der Waals surface area (Å²) in [5, 5.41) is 19.8. The van der Waals surface area contributed by atoms with Crippen LogP contribution in [0.15, 0.2) is 42.3 Å². The molecule has 2 rings (SSSR count). The molecule has 0 spiro atoms. The maximum atomic E-state index is 11.6. The number of aliphatic hydroxyl groups excluding tert-OH is 1. The van der Waals surface area contributed by atoms with E-state index in [-0.39, 0.29) is 12.2 Å². The number of allylic oxidation sites excluding steroid dienone is 1. The molecule has 5 heteroatoms. The van der Waals surface area contributed by atoms with Crippen LogP contribution in [0, 0.1) is 11.3 Å². The molecule has 0 bridgehead atoms. The number of aromatic nitrogens is 1. The van der Waals surface area contributed by atoms with Crippen LogP contribution in [-0.2, 0) is 9.53 Å². The molecule has 0 aliphatic carbocycles. The maximum Gasteiger partial charge on any atom is 0.374 e. The SMILES string of the molecule is CCOC(=O)/C(O)=C(\C#N)c1ccnc2ccccc12. The zero-order valence-corrected chi connectivity index (χ0v) is 10.8. The topological polar surface area (TPSA) is 83.2 Å². The van der Waals surface area contributed by atoms with Gasteiger partial charge in [-0.1, -0.05) is 18.2 Å². The van der Waals surface area contributed by atoms with Gasteiger partial charge in [-0.05, 0) is 19.1 Å². The van der Waals surface area contributed by atoms with E-state index in [1.54, 1.807) is 31.2 Å². The van der Waals surface area contributed by atoms with Gasteiger partial charge in [-0.15, -0.1) is 0 Å². The summed E-state index contributed by atoms with van der Waals surface area (Å²) in [6.45, 7) is 1.75. The highest BCUT2D eigenvalue weighted by molar-refractivity contribution is 6.04. The average Bonchev–Trinajstić information content (AvgIpc) is 2.48. The number of benzene rings is 1. The normalized spacial score (nSPS) is 11.6. The van der Waals surface area contributed by atoms with Crippen molar-refractivity contribution in [2.24, 2.45) is 0 Å². The van der Waals surface area contributed by atoms with Gasteiger partial charge in [0.25, 0.3) is 0 Å². The fourth-order valence-corrected chi connectivity index (χ4v) is 1.86. The molecule has 0 fully saturated rings. The lowest BCUT2D eigenvalue weighted by atomic mass is 10.0. The monoisotopic (exact) mass is 268 g/mol. The van der Waals surface area contributed by atoms with Crippen LogP contribution in [0.25, 0.3) is 16.5 Å². The van der Waals surface area contributed by atoms with Crippen molar-refractivity contribution in [2.45, 2.75) is 6.92 Å². The minimum atomic E-state index is -0.912. The van der Waals surface area contributed by atoms with Gasteiger partial charge in [-0.3, -0.25) is 4.98 Å². The number of fused-ring (bicyclic) bond motifs is 1. The molecule has 0 amide bonds. The molecule has 0 aliphatic rings. The van der Waals surface area contributed by atoms with Crippen molar-refractivity contribution < 1.29 is 14.6 Å². The maximum absolute atomic E-state index is 11.6. The fourth-order valence-electron chi connectivity index (χ4n) is 1.86.